The van der Waals surface area contributed by atoms with Gasteiger partial charge >= 0.3 is 6.09 Å². The third-order valence-corrected chi connectivity index (χ3v) is 8.93. The molecule has 1 N–H and O–H groups in total. The van der Waals surface area contributed by atoms with Gasteiger partial charge in [0, 0.05) is 12.7 Å². The zero-order valence-electron chi connectivity index (χ0n) is 24.3. The first kappa shape index (κ1) is 27.8. The molecule has 43 heavy (non-hydrogen) atoms. The highest BCUT2D eigenvalue weighted by molar-refractivity contribution is 7.98. The monoisotopic (exact) mass is 608 g/mol. The molecule has 13 heteroatoms. The molecule has 4 atom stereocenters. The van der Waals surface area contributed by atoms with Crippen LogP contribution in [0.1, 0.15) is 40.5 Å². The minimum Gasteiger partial charge on any atom is -0.472 e. The highest BCUT2D eigenvalue weighted by atomic mass is 32.2. The van der Waals surface area contributed by atoms with Crippen LogP contribution in [-0.4, -0.2) is 73.6 Å². The van der Waals surface area contributed by atoms with E-state index >= 15 is 8.78 Å². The number of aromatic nitrogens is 4. The largest absolute Gasteiger partial charge is 0.472 e. The number of halogens is 2. The fourth-order valence-corrected chi connectivity index (χ4v) is 7.12. The number of carbonyl (C=O) groups excluding carboxylic acids is 1. The van der Waals surface area contributed by atoms with Crippen molar-refractivity contribution in [3.63, 3.8) is 0 Å². The number of anilines is 1. The summed E-state index contributed by atoms with van der Waals surface area (Å²) in [6.45, 7) is 7.82. The number of carbonyl (C=O) groups is 1. The van der Waals surface area contributed by atoms with E-state index in [4.69, 9.17) is 14.5 Å². The molecule has 4 aromatic rings. The molecule has 3 aromatic heterocycles. The van der Waals surface area contributed by atoms with Gasteiger partial charge in [-0.3, -0.25) is 9.69 Å². The van der Waals surface area contributed by atoms with Gasteiger partial charge in [-0.25, -0.2) is 28.5 Å². The van der Waals surface area contributed by atoms with Gasteiger partial charge in [-0.1, -0.05) is 17.8 Å². The average molecular weight is 609 g/mol. The first-order valence-electron chi connectivity index (χ1n) is 14.2. The quantitative estimate of drug-likeness (QED) is 0.240. The van der Waals surface area contributed by atoms with Gasteiger partial charge in [0.2, 0.25) is 5.88 Å². The molecular weight excluding hydrogens is 578 g/mol. The fourth-order valence-electron chi connectivity index (χ4n) is 6.76. The Bertz CT molecular complexity index is 1880. The van der Waals surface area contributed by atoms with Crippen molar-refractivity contribution in [2.45, 2.75) is 75.5 Å². The Balaban J connectivity index is 1.44. The first-order chi connectivity index (χ1) is 20.5. The standard InChI is InChI=1S/C30H30F2N6O4S/c1-13-24-17-9-7-15(38(17)29(40)42-30(2,3)4)12-37(24)25-20-23(35-28(36-25)43-5)21(32)22(34-27(20)41-13)19-16(31)8-6-14-10-11-33-26(39)18(14)19/h6,8,10-11,13,15,17,24H,7,9,12H2,1-5H3,(H,33,39)/t13-,15+,17-,24+/m0/s1. The Kier molecular flexibility index (Phi) is 6.31. The lowest BCUT2D eigenvalue weighted by atomic mass is 9.98. The molecule has 6 heterocycles. The number of aromatic amines is 1. The molecule has 3 aliphatic heterocycles. The van der Waals surface area contributed by atoms with E-state index in [1.807, 2.05) is 32.6 Å². The van der Waals surface area contributed by atoms with E-state index in [9.17, 15) is 9.59 Å². The Morgan fingerprint density at radius 2 is 1.93 bits per heavy atom. The molecule has 10 nitrogen and oxygen atoms in total. The normalized spacial score (nSPS) is 22.9. The number of nitrogens with zero attached hydrogens (tertiary/aromatic N) is 5. The number of hydrogen-bond acceptors (Lipinski definition) is 9. The lowest BCUT2D eigenvalue weighted by Crippen LogP contribution is -2.65. The summed E-state index contributed by atoms with van der Waals surface area (Å²) in [4.78, 5) is 46.5. The molecule has 3 aliphatic rings. The molecule has 2 bridgehead atoms. The number of pyridine rings is 2. The minimum absolute atomic E-state index is 0.0239. The van der Waals surface area contributed by atoms with E-state index in [2.05, 4.69) is 19.9 Å². The number of ether oxygens (including phenoxy) is 2. The van der Waals surface area contributed by atoms with Crippen LogP contribution >= 0.6 is 11.8 Å². The molecule has 224 valence electrons. The molecule has 2 saturated heterocycles. The number of piperazine rings is 1. The first-order valence-corrected chi connectivity index (χ1v) is 15.4. The van der Waals surface area contributed by atoms with Crippen molar-refractivity contribution in [1.82, 2.24) is 24.8 Å². The minimum atomic E-state index is -0.877. The van der Waals surface area contributed by atoms with Gasteiger partial charge in [-0.2, -0.15) is 0 Å². The van der Waals surface area contributed by atoms with Crippen LogP contribution in [0.5, 0.6) is 5.88 Å². The fraction of sp³-hybridized carbons (Fsp3) is 0.433. The number of benzene rings is 1. The molecule has 7 rings (SSSR count). The molecule has 1 amide bonds. The van der Waals surface area contributed by atoms with Crippen molar-refractivity contribution in [2.75, 3.05) is 17.7 Å². The second-order valence-electron chi connectivity index (χ2n) is 12.2. The topological polar surface area (TPSA) is 114 Å². The van der Waals surface area contributed by atoms with Crippen LogP contribution in [0.4, 0.5) is 19.4 Å². The van der Waals surface area contributed by atoms with Crippen LogP contribution < -0.4 is 15.2 Å². The molecule has 0 spiro atoms. The van der Waals surface area contributed by atoms with E-state index in [1.54, 1.807) is 12.3 Å². The van der Waals surface area contributed by atoms with Gasteiger partial charge < -0.3 is 19.4 Å². The van der Waals surface area contributed by atoms with Crippen molar-refractivity contribution < 1.29 is 23.0 Å². The van der Waals surface area contributed by atoms with E-state index in [1.165, 1.54) is 30.1 Å². The summed E-state index contributed by atoms with van der Waals surface area (Å²) < 4.78 is 44.3. The summed E-state index contributed by atoms with van der Waals surface area (Å²) in [6.07, 6.45) is 3.83. The third-order valence-electron chi connectivity index (χ3n) is 8.39. The van der Waals surface area contributed by atoms with Crippen LogP contribution in [0.3, 0.4) is 0 Å². The Morgan fingerprint density at radius 3 is 2.67 bits per heavy atom. The molecule has 0 radical (unpaired) electrons. The van der Waals surface area contributed by atoms with E-state index in [0.29, 0.717) is 22.9 Å². The molecular formula is C30H30F2N6O4S. The highest BCUT2D eigenvalue weighted by Crippen LogP contribution is 2.47. The summed E-state index contributed by atoms with van der Waals surface area (Å²) in [5.74, 6) is -1.18. The zero-order chi connectivity index (χ0) is 30.4. The van der Waals surface area contributed by atoms with Crippen LogP contribution in [0.25, 0.3) is 32.9 Å². The summed E-state index contributed by atoms with van der Waals surface area (Å²) in [6, 6.07) is 3.52. The second kappa shape index (κ2) is 9.76. The van der Waals surface area contributed by atoms with Gasteiger partial charge in [-0.15, -0.1) is 0 Å². The van der Waals surface area contributed by atoms with E-state index in [0.717, 1.165) is 12.8 Å². The van der Waals surface area contributed by atoms with Crippen molar-refractivity contribution in [3.05, 3.63) is 46.4 Å². The van der Waals surface area contributed by atoms with Gasteiger partial charge in [0.25, 0.3) is 5.56 Å². The van der Waals surface area contributed by atoms with E-state index in [-0.39, 0.29) is 57.6 Å². The number of rotatable bonds is 2. The lowest BCUT2D eigenvalue weighted by molar-refractivity contribution is 0.000952. The van der Waals surface area contributed by atoms with E-state index < -0.39 is 28.9 Å². The van der Waals surface area contributed by atoms with Crippen molar-refractivity contribution >= 4 is 45.3 Å². The average Bonchev–Trinajstić information content (AvgIpc) is 3.20. The summed E-state index contributed by atoms with van der Waals surface area (Å²) in [5.41, 5.74) is -1.94. The highest BCUT2D eigenvalue weighted by Gasteiger charge is 2.53. The summed E-state index contributed by atoms with van der Waals surface area (Å²) in [7, 11) is 0. The van der Waals surface area contributed by atoms with Crippen molar-refractivity contribution in [1.29, 1.82) is 0 Å². The van der Waals surface area contributed by atoms with Crippen LogP contribution in [0.2, 0.25) is 0 Å². The SMILES string of the molecule is CSc1nc2c3c(nc(-c4c(F)ccc5cc[nH]c(=O)c45)c(F)c3n1)O[C@@H](C)[C@@H]1[C@@H]3CC[C@H](CN21)N3C(=O)OC(C)(C)C. The molecule has 0 saturated carbocycles. The molecule has 0 aliphatic carbocycles. The van der Waals surface area contributed by atoms with Crippen LogP contribution in [0, 0.1) is 11.6 Å². The molecule has 2 fully saturated rings. The zero-order valence-corrected chi connectivity index (χ0v) is 25.1. The maximum Gasteiger partial charge on any atom is 0.410 e. The number of hydrogen-bond donors (Lipinski definition) is 1. The second-order valence-corrected chi connectivity index (χ2v) is 13.0. The molecule has 1 aromatic carbocycles. The Morgan fingerprint density at radius 1 is 1.14 bits per heavy atom. The number of thioether (sulfide) groups is 1. The van der Waals surface area contributed by atoms with Gasteiger partial charge in [0.05, 0.1) is 29.1 Å². The predicted molar refractivity (Wildman–Crippen MR) is 159 cm³/mol. The molecule has 0 unspecified atom stereocenters. The van der Waals surface area contributed by atoms with Gasteiger partial charge in [0.1, 0.15) is 39.9 Å². The Hall–Kier alpha value is -4.00. The Labute approximate surface area is 249 Å². The number of nitrogens with one attached hydrogen (secondary N) is 1. The van der Waals surface area contributed by atoms with Crippen LogP contribution in [0.15, 0.2) is 34.3 Å². The van der Waals surface area contributed by atoms with Crippen molar-refractivity contribution in [3.8, 4) is 17.1 Å². The lowest BCUT2D eigenvalue weighted by Gasteiger charge is -2.48. The maximum atomic E-state index is 16.6. The van der Waals surface area contributed by atoms with Gasteiger partial charge in [0.15, 0.2) is 11.0 Å². The van der Waals surface area contributed by atoms with Gasteiger partial charge in [-0.05, 0) is 64.3 Å². The number of amides is 1. The maximum absolute atomic E-state index is 16.6. The smallest absolute Gasteiger partial charge is 0.410 e. The summed E-state index contributed by atoms with van der Waals surface area (Å²) in [5, 5.41) is 0.999. The van der Waals surface area contributed by atoms with Crippen LogP contribution in [-0.2, 0) is 4.74 Å². The predicted octanol–water partition coefficient (Wildman–Crippen LogP) is 5.27. The number of H-pyrrole nitrogens is 1. The third kappa shape index (κ3) is 4.30. The number of fused-ring (bicyclic) bond motifs is 6. The summed E-state index contributed by atoms with van der Waals surface area (Å²) >= 11 is 1.25. The van der Waals surface area contributed by atoms with Crippen molar-refractivity contribution in [2.24, 2.45) is 0 Å².